The maximum Gasteiger partial charge on any atom is 0.220 e. The molecular weight excluding hydrogens is 248 g/mol. The molecule has 0 saturated carbocycles. The lowest BCUT2D eigenvalue weighted by Crippen LogP contribution is -1.98. The van der Waals surface area contributed by atoms with Crippen LogP contribution in [0.2, 0.25) is 0 Å². The molecule has 0 aliphatic carbocycles. The molecule has 4 nitrogen and oxygen atoms in total. The fourth-order valence-corrected chi connectivity index (χ4v) is 2.15. The van der Waals surface area contributed by atoms with Gasteiger partial charge in [0.05, 0.1) is 5.69 Å². The van der Waals surface area contributed by atoms with Crippen LogP contribution in [0.15, 0.2) is 55.0 Å². The van der Waals surface area contributed by atoms with Crippen molar-refractivity contribution in [2.24, 2.45) is 0 Å². The van der Waals surface area contributed by atoms with Gasteiger partial charge in [-0.05, 0) is 24.6 Å². The Morgan fingerprint density at radius 1 is 1.00 bits per heavy atom. The van der Waals surface area contributed by atoms with E-state index in [1.165, 1.54) is 5.56 Å². The summed E-state index contributed by atoms with van der Waals surface area (Å²) in [5, 5.41) is 0. The molecule has 0 aliphatic heterocycles. The van der Waals surface area contributed by atoms with Crippen LogP contribution in [0.1, 0.15) is 5.56 Å². The topological polar surface area (TPSA) is 64.7 Å². The fourth-order valence-electron chi connectivity index (χ4n) is 2.15. The Morgan fingerprint density at radius 2 is 1.80 bits per heavy atom. The number of aromatic nitrogens is 3. The summed E-state index contributed by atoms with van der Waals surface area (Å²) in [6, 6.07) is 12.1. The lowest BCUT2D eigenvalue weighted by molar-refractivity contribution is 1.19. The van der Waals surface area contributed by atoms with Crippen molar-refractivity contribution < 1.29 is 0 Å². The first-order chi connectivity index (χ1) is 9.74. The largest absolute Gasteiger partial charge is 0.368 e. The smallest absolute Gasteiger partial charge is 0.220 e. The zero-order valence-electron chi connectivity index (χ0n) is 11.1. The molecule has 0 amide bonds. The molecule has 0 bridgehead atoms. The van der Waals surface area contributed by atoms with Gasteiger partial charge < -0.3 is 5.73 Å². The molecule has 20 heavy (non-hydrogen) atoms. The molecule has 4 heteroatoms. The first-order valence-corrected chi connectivity index (χ1v) is 6.34. The Morgan fingerprint density at radius 3 is 2.55 bits per heavy atom. The number of rotatable bonds is 2. The standard InChI is InChI=1S/C16H14N4/c1-11-3-2-4-13(9-11)14-10-19-16(17)20-15(14)12-5-7-18-8-6-12/h2-10H,1H3,(H2,17,19,20). The Bertz CT molecular complexity index is 738. The van der Waals surface area contributed by atoms with Crippen LogP contribution >= 0.6 is 0 Å². The van der Waals surface area contributed by atoms with Gasteiger partial charge in [0, 0.05) is 29.7 Å². The van der Waals surface area contributed by atoms with E-state index < -0.39 is 0 Å². The highest BCUT2D eigenvalue weighted by Crippen LogP contribution is 2.30. The van der Waals surface area contributed by atoms with Gasteiger partial charge in [-0.3, -0.25) is 4.98 Å². The zero-order chi connectivity index (χ0) is 13.9. The third kappa shape index (κ3) is 2.36. The van der Waals surface area contributed by atoms with Gasteiger partial charge in [0.15, 0.2) is 0 Å². The van der Waals surface area contributed by atoms with Gasteiger partial charge in [-0.2, -0.15) is 0 Å². The number of nitrogens with zero attached hydrogens (tertiary/aromatic N) is 3. The monoisotopic (exact) mass is 262 g/mol. The molecule has 0 radical (unpaired) electrons. The van der Waals surface area contributed by atoms with Gasteiger partial charge in [-0.15, -0.1) is 0 Å². The number of aryl methyl sites for hydroxylation is 1. The molecule has 2 N–H and O–H groups in total. The molecule has 0 unspecified atom stereocenters. The molecule has 0 saturated heterocycles. The average Bonchev–Trinajstić information content (AvgIpc) is 2.48. The number of benzene rings is 1. The van der Waals surface area contributed by atoms with Crippen molar-refractivity contribution in [3.63, 3.8) is 0 Å². The summed E-state index contributed by atoms with van der Waals surface area (Å²) < 4.78 is 0. The highest BCUT2D eigenvalue weighted by Gasteiger charge is 2.10. The molecule has 2 aromatic heterocycles. The Balaban J connectivity index is 2.22. The summed E-state index contributed by atoms with van der Waals surface area (Å²) in [7, 11) is 0. The second kappa shape index (κ2) is 5.09. The number of nitrogens with two attached hydrogens (primary N) is 1. The van der Waals surface area contributed by atoms with Crippen LogP contribution < -0.4 is 5.73 Å². The summed E-state index contributed by atoms with van der Waals surface area (Å²) in [4.78, 5) is 12.5. The van der Waals surface area contributed by atoms with E-state index in [4.69, 9.17) is 5.73 Å². The van der Waals surface area contributed by atoms with Gasteiger partial charge in [0.1, 0.15) is 0 Å². The van der Waals surface area contributed by atoms with Crippen molar-refractivity contribution in [1.82, 2.24) is 15.0 Å². The summed E-state index contributed by atoms with van der Waals surface area (Å²) in [5.41, 5.74) is 10.8. The van der Waals surface area contributed by atoms with Crippen LogP contribution in [0, 0.1) is 6.92 Å². The average molecular weight is 262 g/mol. The number of anilines is 1. The third-order valence-electron chi connectivity index (χ3n) is 3.09. The highest BCUT2D eigenvalue weighted by atomic mass is 15.0. The first-order valence-electron chi connectivity index (χ1n) is 6.34. The van der Waals surface area contributed by atoms with Gasteiger partial charge in [-0.25, -0.2) is 9.97 Å². The van der Waals surface area contributed by atoms with Crippen LogP contribution in [0.3, 0.4) is 0 Å². The molecule has 0 spiro atoms. The molecule has 3 aromatic rings. The quantitative estimate of drug-likeness (QED) is 0.770. The normalized spacial score (nSPS) is 10.4. The van der Waals surface area contributed by atoms with Crippen LogP contribution in [0.25, 0.3) is 22.4 Å². The molecule has 0 aliphatic rings. The zero-order valence-corrected chi connectivity index (χ0v) is 11.1. The van der Waals surface area contributed by atoms with Gasteiger partial charge in [0.2, 0.25) is 5.95 Å². The molecule has 1 aromatic carbocycles. The minimum Gasteiger partial charge on any atom is -0.368 e. The van der Waals surface area contributed by atoms with E-state index in [9.17, 15) is 0 Å². The van der Waals surface area contributed by atoms with Gasteiger partial charge in [-0.1, -0.05) is 29.8 Å². The lowest BCUT2D eigenvalue weighted by atomic mass is 10.0. The van der Waals surface area contributed by atoms with Gasteiger partial charge in [0.25, 0.3) is 0 Å². The third-order valence-corrected chi connectivity index (χ3v) is 3.09. The lowest BCUT2D eigenvalue weighted by Gasteiger charge is -2.09. The molecule has 3 rings (SSSR count). The van der Waals surface area contributed by atoms with Crippen LogP contribution in [-0.4, -0.2) is 15.0 Å². The summed E-state index contributed by atoms with van der Waals surface area (Å²) in [6.07, 6.45) is 5.26. The van der Waals surface area contributed by atoms with E-state index >= 15 is 0 Å². The molecule has 98 valence electrons. The SMILES string of the molecule is Cc1cccc(-c2cnc(N)nc2-c2ccncc2)c1. The number of hydrogen-bond donors (Lipinski definition) is 1. The van der Waals surface area contributed by atoms with Crippen molar-refractivity contribution in [3.8, 4) is 22.4 Å². The van der Waals surface area contributed by atoms with Crippen LogP contribution in [0.5, 0.6) is 0 Å². The van der Waals surface area contributed by atoms with Crippen molar-refractivity contribution in [2.45, 2.75) is 6.92 Å². The summed E-state index contributed by atoms with van der Waals surface area (Å²) >= 11 is 0. The molecule has 0 fully saturated rings. The van der Waals surface area contributed by atoms with E-state index in [1.54, 1.807) is 18.6 Å². The van der Waals surface area contributed by atoms with E-state index in [2.05, 4.69) is 34.0 Å². The summed E-state index contributed by atoms with van der Waals surface area (Å²) in [6.45, 7) is 2.06. The number of nitrogen functional groups attached to an aromatic ring is 1. The van der Waals surface area contributed by atoms with E-state index in [0.717, 1.165) is 22.4 Å². The van der Waals surface area contributed by atoms with Crippen molar-refractivity contribution in [3.05, 3.63) is 60.6 Å². The predicted octanol–water partition coefficient (Wildman–Crippen LogP) is 3.10. The van der Waals surface area contributed by atoms with E-state index in [-0.39, 0.29) is 5.95 Å². The second-order valence-electron chi connectivity index (χ2n) is 4.60. The first kappa shape index (κ1) is 12.3. The maximum absolute atomic E-state index is 5.73. The second-order valence-corrected chi connectivity index (χ2v) is 4.60. The minimum atomic E-state index is 0.271. The number of hydrogen-bond acceptors (Lipinski definition) is 4. The Labute approximate surface area is 117 Å². The van der Waals surface area contributed by atoms with E-state index in [1.807, 2.05) is 24.3 Å². The molecular formula is C16H14N4. The minimum absolute atomic E-state index is 0.271. The van der Waals surface area contributed by atoms with Crippen LogP contribution in [0.4, 0.5) is 5.95 Å². The van der Waals surface area contributed by atoms with Gasteiger partial charge >= 0.3 is 0 Å². The summed E-state index contributed by atoms with van der Waals surface area (Å²) in [5.74, 6) is 0.271. The predicted molar refractivity (Wildman–Crippen MR) is 79.8 cm³/mol. The van der Waals surface area contributed by atoms with Crippen molar-refractivity contribution >= 4 is 5.95 Å². The Kier molecular flexibility index (Phi) is 3.13. The maximum atomic E-state index is 5.73. The van der Waals surface area contributed by atoms with Crippen molar-refractivity contribution in [1.29, 1.82) is 0 Å². The fraction of sp³-hybridized carbons (Fsp3) is 0.0625. The van der Waals surface area contributed by atoms with E-state index in [0.29, 0.717) is 0 Å². The van der Waals surface area contributed by atoms with Crippen molar-refractivity contribution in [2.75, 3.05) is 5.73 Å². The number of pyridine rings is 1. The molecule has 0 atom stereocenters. The molecule has 2 heterocycles. The highest BCUT2D eigenvalue weighted by molar-refractivity contribution is 5.80. The van der Waals surface area contributed by atoms with Crippen LogP contribution in [-0.2, 0) is 0 Å². The Hall–Kier alpha value is -2.75.